The summed E-state index contributed by atoms with van der Waals surface area (Å²) in [7, 11) is 0. The van der Waals surface area contributed by atoms with E-state index in [9.17, 15) is 9.90 Å². The molecule has 0 aliphatic heterocycles. The van der Waals surface area contributed by atoms with Crippen LogP contribution in [0.5, 0.6) is 0 Å². The number of nitrogens with zero attached hydrogens (tertiary/aromatic N) is 1. The molecule has 3 heteroatoms. The predicted octanol–water partition coefficient (Wildman–Crippen LogP) is 7.43. The highest BCUT2D eigenvalue weighted by Crippen LogP contribution is 2.16. The van der Waals surface area contributed by atoms with Crippen LogP contribution in [-0.4, -0.2) is 35.1 Å². The third-order valence-electron chi connectivity index (χ3n) is 5.65. The van der Waals surface area contributed by atoms with Gasteiger partial charge < -0.3 is 5.11 Å². The van der Waals surface area contributed by atoms with Crippen molar-refractivity contribution in [2.75, 3.05) is 13.1 Å². The number of carboxylic acids is 1. The Morgan fingerprint density at radius 2 is 1.00 bits per heavy atom. The summed E-state index contributed by atoms with van der Waals surface area (Å²) in [6.45, 7) is 8.63. The Balaban J connectivity index is 4.39. The second-order valence-electron chi connectivity index (χ2n) is 8.27. The van der Waals surface area contributed by atoms with E-state index in [0.717, 1.165) is 38.8 Å². The molecule has 1 unspecified atom stereocenters. The van der Waals surface area contributed by atoms with E-state index in [2.05, 4.69) is 25.7 Å². The van der Waals surface area contributed by atoms with Crippen LogP contribution in [0.25, 0.3) is 0 Å². The molecule has 162 valence electrons. The molecule has 0 aromatic rings. The van der Waals surface area contributed by atoms with Gasteiger partial charge in [0.2, 0.25) is 0 Å². The van der Waals surface area contributed by atoms with E-state index in [0.29, 0.717) is 0 Å². The Bertz CT molecular complexity index is 304. The number of carbonyl (C=O) groups is 1. The first-order valence-corrected chi connectivity index (χ1v) is 12.1. The number of unbranched alkanes of at least 4 members (excludes halogenated alkanes) is 13. The summed E-state index contributed by atoms with van der Waals surface area (Å²) in [5.41, 5.74) is 0. The summed E-state index contributed by atoms with van der Waals surface area (Å²) >= 11 is 0. The molecule has 0 radical (unpaired) electrons. The molecule has 1 atom stereocenters. The van der Waals surface area contributed by atoms with Crippen molar-refractivity contribution < 1.29 is 9.90 Å². The normalized spacial score (nSPS) is 12.6. The minimum absolute atomic E-state index is 0.270. The minimum Gasteiger partial charge on any atom is -0.480 e. The fraction of sp³-hybridized carbons (Fsp3) is 0.958. The summed E-state index contributed by atoms with van der Waals surface area (Å²) in [5.74, 6) is -0.608. The second-order valence-corrected chi connectivity index (χ2v) is 8.27. The van der Waals surface area contributed by atoms with Crippen LogP contribution in [0.15, 0.2) is 0 Å². The molecule has 0 spiro atoms. The first-order chi connectivity index (χ1) is 13.2. The minimum atomic E-state index is -0.608. The second kappa shape index (κ2) is 20.2. The molecule has 0 aliphatic rings. The van der Waals surface area contributed by atoms with E-state index in [-0.39, 0.29) is 6.04 Å². The summed E-state index contributed by atoms with van der Waals surface area (Å²) in [6.07, 6.45) is 20.7. The molecule has 0 aromatic carbocycles. The molecule has 0 heterocycles. The summed E-state index contributed by atoms with van der Waals surface area (Å²) < 4.78 is 0. The maximum atomic E-state index is 11.9. The predicted molar refractivity (Wildman–Crippen MR) is 119 cm³/mol. The molecule has 0 bridgehead atoms. The van der Waals surface area contributed by atoms with Gasteiger partial charge in [-0.25, -0.2) is 0 Å². The first-order valence-electron chi connectivity index (χ1n) is 12.1. The summed E-state index contributed by atoms with van der Waals surface area (Å²) in [4.78, 5) is 14.2. The van der Waals surface area contributed by atoms with Crippen molar-refractivity contribution in [2.45, 2.75) is 136 Å². The molecular weight excluding hydrogens is 334 g/mol. The Morgan fingerprint density at radius 3 is 1.41 bits per heavy atom. The number of hydrogen-bond donors (Lipinski definition) is 1. The fourth-order valence-corrected chi connectivity index (χ4v) is 3.84. The lowest BCUT2D eigenvalue weighted by atomic mass is 10.0. The SMILES string of the molecule is CCCCCCCCN(CCCCCCCC)C(CCCCCC)C(=O)O. The van der Waals surface area contributed by atoms with Crippen molar-refractivity contribution in [3.63, 3.8) is 0 Å². The van der Waals surface area contributed by atoms with E-state index < -0.39 is 5.97 Å². The van der Waals surface area contributed by atoms with E-state index in [1.165, 1.54) is 83.5 Å². The highest BCUT2D eigenvalue weighted by atomic mass is 16.4. The molecule has 1 N–H and O–H groups in total. The zero-order chi connectivity index (χ0) is 20.2. The summed E-state index contributed by atoms with van der Waals surface area (Å²) in [5, 5.41) is 9.80. The number of carboxylic acid groups (broad SMARTS) is 1. The van der Waals surface area contributed by atoms with E-state index in [1.54, 1.807) is 0 Å². The molecule has 0 saturated carbocycles. The van der Waals surface area contributed by atoms with E-state index in [1.807, 2.05) is 0 Å². The van der Waals surface area contributed by atoms with Gasteiger partial charge in [0.1, 0.15) is 6.04 Å². The molecule has 0 amide bonds. The molecule has 27 heavy (non-hydrogen) atoms. The highest BCUT2D eigenvalue weighted by molar-refractivity contribution is 5.73. The van der Waals surface area contributed by atoms with Gasteiger partial charge in [0.25, 0.3) is 0 Å². The Labute approximate surface area is 170 Å². The number of aliphatic carboxylic acids is 1. The lowest BCUT2D eigenvalue weighted by Crippen LogP contribution is -2.42. The van der Waals surface area contributed by atoms with Gasteiger partial charge in [-0.1, -0.05) is 111 Å². The van der Waals surface area contributed by atoms with Gasteiger partial charge in [0.15, 0.2) is 0 Å². The van der Waals surface area contributed by atoms with Crippen LogP contribution >= 0.6 is 0 Å². The highest BCUT2D eigenvalue weighted by Gasteiger charge is 2.24. The average molecular weight is 384 g/mol. The van der Waals surface area contributed by atoms with Crippen LogP contribution in [0.2, 0.25) is 0 Å². The Hall–Kier alpha value is -0.570. The molecule has 0 aromatic heterocycles. The zero-order valence-electron chi connectivity index (χ0n) is 18.8. The van der Waals surface area contributed by atoms with Crippen LogP contribution in [0.4, 0.5) is 0 Å². The Kier molecular flexibility index (Phi) is 19.7. The maximum absolute atomic E-state index is 11.9. The topological polar surface area (TPSA) is 40.5 Å². The van der Waals surface area contributed by atoms with Crippen LogP contribution in [0, 0.1) is 0 Å². The van der Waals surface area contributed by atoms with Crippen molar-refractivity contribution >= 4 is 5.97 Å². The van der Waals surface area contributed by atoms with E-state index >= 15 is 0 Å². The van der Waals surface area contributed by atoms with Gasteiger partial charge in [-0.2, -0.15) is 0 Å². The molecule has 3 nitrogen and oxygen atoms in total. The third-order valence-corrected chi connectivity index (χ3v) is 5.65. The van der Waals surface area contributed by atoms with Gasteiger partial charge in [0, 0.05) is 0 Å². The standard InChI is InChI=1S/C24H49NO2/c1-4-7-10-13-15-18-21-25(22-19-16-14-11-8-5-2)23(24(26)27)20-17-12-9-6-3/h23H,4-22H2,1-3H3,(H,26,27). The quantitative estimate of drug-likeness (QED) is 0.209. The van der Waals surface area contributed by atoms with Crippen LogP contribution in [-0.2, 0) is 4.79 Å². The van der Waals surface area contributed by atoms with Crippen LogP contribution in [0.3, 0.4) is 0 Å². The number of rotatable bonds is 21. The van der Waals surface area contributed by atoms with Crippen molar-refractivity contribution in [1.82, 2.24) is 4.90 Å². The maximum Gasteiger partial charge on any atom is 0.320 e. The van der Waals surface area contributed by atoms with Crippen molar-refractivity contribution in [2.24, 2.45) is 0 Å². The Morgan fingerprint density at radius 1 is 0.630 bits per heavy atom. The van der Waals surface area contributed by atoms with Crippen LogP contribution in [0.1, 0.15) is 130 Å². The smallest absolute Gasteiger partial charge is 0.320 e. The van der Waals surface area contributed by atoms with Crippen molar-refractivity contribution in [3.05, 3.63) is 0 Å². The zero-order valence-corrected chi connectivity index (χ0v) is 18.8. The van der Waals surface area contributed by atoms with Crippen LogP contribution < -0.4 is 0 Å². The monoisotopic (exact) mass is 383 g/mol. The average Bonchev–Trinajstić information content (AvgIpc) is 2.65. The van der Waals surface area contributed by atoms with Gasteiger partial charge >= 0.3 is 5.97 Å². The molecule has 0 fully saturated rings. The van der Waals surface area contributed by atoms with Crippen molar-refractivity contribution in [1.29, 1.82) is 0 Å². The lowest BCUT2D eigenvalue weighted by molar-refractivity contribution is -0.143. The summed E-state index contributed by atoms with van der Waals surface area (Å²) in [6, 6.07) is -0.270. The molecule has 0 aliphatic carbocycles. The van der Waals surface area contributed by atoms with Gasteiger partial charge in [-0.3, -0.25) is 9.69 Å². The first kappa shape index (κ1) is 26.4. The fourth-order valence-electron chi connectivity index (χ4n) is 3.84. The van der Waals surface area contributed by atoms with Gasteiger partial charge in [-0.05, 0) is 32.4 Å². The largest absolute Gasteiger partial charge is 0.480 e. The van der Waals surface area contributed by atoms with Gasteiger partial charge in [-0.15, -0.1) is 0 Å². The molecule has 0 rings (SSSR count). The van der Waals surface area contributed by atoms with Gasteiger partial charge in [0.05, 0.1) is 0 Å². The van der Waals surface area contributed by atoms with E-state index in [4.69, 9.17) is 0 Å². The molecular formula is C24H49NO2. The number of hydrogen-bond acceptors (Lipinski definition) is 2. The van der Waals surface area contributed by atoms with Crippen molar-refractivity contribution in [3.8, 4) is 0 Å². The lowest BCUT2D eigenvalue weighted by Gasteiger charge is -2.29. The third kappa shape index (κ3) is 16.1. The molecule has 0 saturated heterocycles.